The fourth-order valence-corrected chi connectivity index (χ4v) is 1.54. The summed E-state index contributed by atoms with van der Waals surface area (Å²) in [6.07, 6.45) is 1.50. The number of aliphatic hydroxyl groups is 2. The number of furan rings is 1. The van der Waals surface area contributed by atoms with E-state index in [0.717, 1.165) is 0 Å². The number of amides is 2. The Hall–Kier alpha value is -1.86. The number of hydrogen-bond acceptors (Lipinski definition) is 5. The van der Waals surface area contributed by atoms with Gasteiger partial charge in [0.2, 0.25) is 5.91 Å². The topological polar surface area (TPSA) is 103 Å². The number of hydrogen-bond donors (Lipinski definition) is 3. The van der Waals surface area contributed by atoms with E-state index in [-0.39, 0.29) is 56.8 Å². The molecule has 0 aliphatic rings. The summed E-state index contributed by atoms with van der Waals surface area (Å²) in [5.74, 6) is -0.425. The van der Waals surface area contributed by atoms with Gasteiger partial charge in [0.05, 0.1) is 19.5 Å². The molecule has 0 unspecified atom stereocenters. The smallest absolute Gasteiger partial charge is 0.286 e. The van der Waals surface area contributed by atoms with Gasteiger partial charge >= 0.3 is 0 Å². The van der Waals surface area contributed by atoms with Crippen LogP contribution in [0.4, 0.5) is 0 Å². The number of rotatable bonds is 8. The van der Waals surface area contributed by atoms with E-state index in [2.05, 4.69) is 5.32 Å². The van der Waals surface area contributed by atoms with Crippen molar-refractivity contribution in [1.29, 1.82) is 0 Å². The molecule has 0 atom stereocenters. The van der Waals surface area contributed by atoms with Gasteiger partial charge in [-0.3, -0.25) is 9.59 Å². The molecule has 0 bridgehead atoms. The van der Waals surface area contributed by atoms with Crippen LogP contribution in [-0.2, 0) is 4.79 Å². The lowest BCUT2D eigenvalue weighted by Crippen LogP contribution is -2.38. The molecule has 19 heavy (non-hydrogen) atoms. The number of nitrogens with zero attached hydrogens (tertiary/aromatic N) is 1. The molecule has 7 heteroatoms. The van der Waals surface area contributed by atoms with E-state index < -0.39 is 0 Å². The molecule has 3 N–H and O–H groups in total. The summed E-state index contributed by atoms with van der Waals surface area (Å²) in [6.45, 7) is 0.192. The molecule has 0 aliphatic heterocycles. The Morgan fingerprint density at radius 3 is 2.47 bits per heavy atom. The SMILES string of the molecule is O=C(NCCC(=O)N(CCO)CCO)c1ccco1. The average molecular weight is 270 g/mol. The molecule has 0 aliphatic carbocycles. The molecule has 1 aromatic heterocycles. The highest BCUT2D eigenvalue weighted by molar-refractivity contribution is 5.91. The lowest BCUT2D eigenvalue weighted by atomic mass is 10.3. The van der Waals surface area contributed by atoms with E-state index in [1.54, 1.807) is 6.07 Å². The Balaban J connectivity index is 2.31. The van der Waals surface area contributed by atoms with E-state index in [9.17, 15) is 9.59 Å². The summed E-state index contributed by atoms with van der Waals surface area (Å²) in [5.41, 5.74) is 0. The van der Waals surface area contributed by atoms with E-state index in [1.165, 1.54) is 17.2 Å². The van der Waals surface area contributed by atoms with Crippen molar-refractivity contribution in [3.63, 3.8) is 0 Å². The molecule has 0 saturated heterocycles. The second-order valence-corrected chi connectivity index (χ2v) is 3.81. The van der Waals surface area contributed by atoms with Gasteiger partial charge in [-0.2, -0.15) is 0 Å². The van der Waals surface area contributed by atoms with Crippen LogP contribution in [0.15, 0.2) is 22.8 Å². The first-order valence-corrected chi connectivity index (χ1v) is 6.00. The largest absolute Gasteiger partial charge is 0.459 e. The zero-order valence-corrected chi connectivity index (χ0v) is 10.5. The van der Waals surface area contributed by atoms with Gasteiger partial charge < -0.3 is 24.8 Å². The number of carbonyl (C=O) groups is 2. The minimum absolute atomic E-state index is 0.104. The normalized spacial score (nSPS) is 10.2. The minimum atomic E-state index is -0.381. The molecule has 0 aromatic carbocycles. The zero-order valence-electron chi connectivity index (χ0n) is 10.5. The third-order valence-electron chi connectivity index (χ3n) is 2.46. The molecular formula is C12H18N2O5. The maximum absolute atomic E-state index is 11.7. The second kappa shape index (κ2) is 8.28. The summed E-state index contributed by atoms with van der Waals surface area (Å²) < 4.78 is 4.90. The van der Waals surface area contributed by atoms with Crippen LogP contribution in [-0.4, -0.2) is 59.8 Å². The Labute approximate surface area is 110 Å². The Morgan fingerprint density at radius 2 is 1.95 bits per heavy atom. The van der Waals surface area contributed by atoms with Gasteiger partial charge in [0.1, 0.15) is 0 Å². The highest BCUT2D eigenvalue weighted by Crippen LogP contribution is 1.99. The van der Waals surface area contributed by atoms with Crippen molar-refractivity contribution in [2.24, 2.45) is 0 Å². The Kier molecular flexibility index (Phi) is 6.62. The van der Waals surface area contributed by atoms with Crippen molar-refractivity contribution in [2.75, 3.05) is 32.8 Å². The molecule has 7 nitrogen and oxygen atoms in total. The van der Waals surface area contributed by atoms with Crippen LogP contribution in [0.3, 0.4) is 0 Å². The van der Waals surface area contributed by atoms with Crippen molar-refractivity contribution >= 4 is 11.8 Å². The second-order valence-electron chi connectivity index (χ2n) is 3.81. The molecule has 2 amide bonds. The third kappa shape index (κ3) is 5.11. The van der Waals surface area contributed by atoms with Crippen LogP contribution >= 0.6 is 0 Å². The third-order valence-corrected chi connectivity index (χ3v) is 2.46. The minimum Gasteiger partial charge on any atom is -0.459 e. The van der Waals surface area contributed by atoms with Crippen LogP contribution in [0.2, 0.25) is 0 Å². The highest BCUT2D eigenvalue weighted by atomic mass is 16.3. The molecule has 0 fully saturated rings. The van der Waals surface area contributed by atoms with Crippen LogP contribution in [0.25, 0.3) is 0 Å². The molecule has 0 saturated carbocycles. The molecule has 1 aromatic rings. The zero-order chi connectivity index (χ0) is 14.1. The Morgan fingerprint density at radius 1 is 1.26 bits per heavy atom. The maximum Gasteiger partial charge on any atom is 0.286 e. The monoisotopic (exact) mass is 270 g/mol. The quantitative estimate of drug-likeness (QED) is 0.574. The van der Waals surface area contributed by atoms with Crippen molar-refractivity contribution < 1.29 is 24.2 Å². The molecule has 0 radical (unpaired) electrons. The first-order chi connectivity index (χ1) is 9.19. The van der Waals surface area contributed by atoms with Gasteiger partial charge in [-0.05, 0) is 12.1 Å². The molecular weight excluding hydrogens is 252 g/mol. The fourth-order valence-electron chi connectivity index (χ4n) is 1.54. The highest BCUT2D eigenvalue weighted by Gasteiger charge is 2.13. The van der Waals surface area contributed by atoms with E-state index >= 15 is 0 Å². The predicted molar refractivity (Wildman–Crippen MR) is 66.4 cm³/mol. The molecule has 1 rings (SSSR count). The van der Waals surface area contributed by atoms with Crippen molar-refractivity contribution in [3.8, 4) is 0 Å². The molecule has 1 heterocycles. The number of carbonyl (C=O) groups excluding carboxylic acids is 2. The van der Waals surface area contributed by atoms with Crippen LogP contribution in [0.5, 0.6) is 0 Å². The number of nitrogens with one attached hydrogen (secondary N) is 1. The lowest BCUT2D eigenvalue weighted by Gasteiger charge is -2.20. The van der Waals surface area contributed by atoms with Crippen molar-refractivity contribution in [3.05, 3.63) is 24.2 Å². The van der Waals surface area contributed by atoms with Gasteiger partial charge in [-0.25, -0.2) is 0 Å². The van der Waals surface area contributed by atoms with E-state index in [0.29, 0.717) is 0 Å². The van der Waals surface area contributed by atoms with Crippen molar-refractivity contribution in [1.82, 2.24) is 10.2 Å². The van der Waals surface area contributed by atoms with E-state index in [4.69, 9.17) is 14.6 Å². The molecule has 0 spiro atoms. The average Bonchev–Trinajstić information content (AvgIpc) is 2.92. The van der Waals surface area contributed by atoms with Gasteiger partial charge in [0, 0.05) is 26.1 Å². The first-order valence-electron chi connectivity index (χ1n) is 6.00. The maximum atomic E-state index is 11.7. The summed E-state index contributed by atoms with van der Waals surface area (Å²) >= 11 is 0. The van der Waals surface area contributed by atoms with Crippen molar-refractivity contribution in [2.45, 2.75) is 6.42 Å². The molecule has 106 valence electrons. The lowest BCUT2D eigenvalue weighted by molar-refractivity contribution is -0.132. The predicted octanol–water partition coefficient (Wildman–Crippen LogP) is -0.787. The summed E-state index contributed by atoms with van der Waals surface area (Å²) in [4.78, 5) is 24.6. The summed E-state index contributed by atoms with van der Waals surface area (Å²) in [7, 11) is 0. The first kappa shape index (κ1) is 15.2. The van der Waals surface area contributed by atoms with Gasteiger partial charge in [0.15, 0.2) is 5.76 Å². The summed E-state index contributed by atoms with van der Waals surface area (Å²) in [5, 5.41) is 20.1. The van der Waals surface area contributed by atoms with Crippen LogP contribution in [0, 0.1) is 0 Å². The van der Waals surface area contributed by atoms with Crippen LogP contribution in [0.1, 0.15) is 17.0 Å². The fraction of sp³-hybridized carbons (Fsp3) is 0.500. The number of aliphatic hydroxyl groups excluding tert-OH is 2. The standard InChI is InChI=1S/C12H18N2O5/c15-7-5-14(6-8-16)11(17)3-4-13-12(18)10-2-1-9-19-10/h1-2,9,15-16H,3-8H2,(H,13,18). The van der Waals surface area contributed by atoms with Crippen LogP contribution < -0.4 is 5.32 Å². The Bertz CT molecular complexity index is 385. The van der Waals surface area contributed by atoms with E-state index in [1.807, 2.05) is 0 Å². The van der Waals surface area contributed by atoms with Gasteiger partial charge in [-0.15, -0.1) is 0 Å². The van der Waals surface area contributed by atoms with Gasteiger partial charge in [0.25, 0.3) is 5.91 Å². The summed E-state index contributed by atoms with van der Waals surface area (Å²) in [6, 6.07) is 3.13. The van der Waals surface area contributed by atoms with Gasteiger partial charge in [-0.1, -0.05) is 0 Å².